The van der Waals surface area contributed by atoms with Gasteiger partial charge in [-0.05, 0) is 88.8 Å². The first-order valence-electron chi connectivity index (χ1n) is 18.7. The number of benzene rings is 4. The van der Waals surface area contributed by atoms with Gasteiger partial charge < -0.3 is 29.4 Å². The third-order valence-corrected chi connectivity index (χ3v) is 11.4. The molecule has 0 saturated carbocycles. The topological polar surface area (TPSA) is 105 Å². The van der Waals surface area contributed by atoms with Crippen LogP contribution in [0.2, 0.25) is 10.0 Å². The highest BCUT2D eigenvalue weighted by Crippen LogP contribution is 2.47. The second kappa shape index (κ2) is 14.7. The van der Waals surface area contributed by atoms with Crippen molar-refractivity contribution in [1.82, 2.24) is 5.32 Å². The number of hydrogen-bond acceptors (Lipinski definition) is 6. The van der Waals surface area contributed by atoms with Crippen LogP contribution in [0, 0.1) is 5.92 Å². The Balaban J connectivity index is 1.20. The summed E-state index contributed by atoms with van der Waals surface area (Å²) in [6.45, 7) is 11.5. The molecule has 7 rings (SSSR count). The normalized spacial score (nSPS) is 18.9. The highest BCUT2D eigenvalue weighted by molar-refractivity contribution is 6.39. The van der Waals surface area contributed by atoms with Gasteiger partial charge in [0.2, 0.25) is 5.91 Å². The summed E-state index contributed by atoms with van der Waals surface area (Å²) in [7, 11) is 0. The summed E-state index contributed by atoms with van der Waals surface area (Å²) in [4.78, 5) is 54.0. The average Bonchev–Trinajstić information content (AvgIpc) is 3.55. The van der Waals surface area contributed by atoms with Gasteiger partial charge in [-0.2, -0.15) is 0 Å². The molecule has 4 aromatic rings. The van der Waals surface area contributed by atoms with E-state index in [1.165, 1.54) is 0 Å². The monoisotopic (exact) mass is 781 g/mol. The van der Waals surface area contributed by atoms with Crippen molar-refractivity contribution in [2.24, 2.45) is 5.92 Å². The Bertz CT molecular complexity index is 2230. The first-order chi connectivity index (χ1) is 26.0. The molecule has 0 unspecified atom stereocenters. The van der Waals surface area contributed by atoms with Crippen LogP contribution in [0.1, 0.15) is 67.2 Å². The van der Waals surface area contributed by atoms with Crippen LogP contribution in [-0.4, -0.2) is 53.8 Å². The number of carbonyl (C=O) groups excluding carboxylic acids is 4. The zero-order valence-electron chi connectivity index (χ0n) is 31.9. The second-order valence-corrected chi connectivity index (χ2v) is 16.7. The molecule has 9 nitrogen and oxygen atoms in total. The first kappa shape index (κ1) is 38.4. The number of hydrogen-bond donors (Lipinski definition) is 1. The number of amides is 3. The highest BCUT2D eigenvalue weighted by Gasteiger charge is 2.43. The molecule has 3 heterocycles. The number of ketones is 1. The average molecular weight is 783 g/mol. The molecule has 1 N–H and O–H groups in total. The minimum Gasteiger partial charge on any atom is -0.476 e. The maximum Gasteiger partial charge on any atom is 0.270 e. The van der Waals surface area contributed by atoms with Gasteiger partial charge in [-0.25, -0.2) is 0 Å². The van der Waals surface area contributed by atoms with Crippen molar-refractivity contribution < 1.29 is 28.7 Å². The Morgan fingerprint density at radius 1 is 0.782 bits per heavy atom. The summed E-state index contributed by atoms with van der Waals surface area (Å²) in [5, 5.41) is 3.97. The number of halogens is 2. The van der Waals surface area contributed by atoms with Crippen LogP contribution in [-0.2, 0) is 19.2 Å². The van der Waals surface area contributed by atoms with Crippen LogP contribution >= 0.6 is 23.2 Å². The van der Waals surface area contributed by atoms with Crippen molar-refractivity contribution in [3.63, 3.8) is 0 Å². The second-order valence-electron chi connectivity index (χ2n) is 15.9. The van der Waals surface area contributed by atoms with E-state index in [4.69, 9.17) is 32.7 Å². The summed E-state index contributed by atoms with van der Waals surface area (Å²) in [6.07, 6.45) is 2.29. The number of rotatable bonds is 10. The number of nitrogens with one attached hydrogen (secondary N) is 1. The number of fused-ring (bicyclic) bond motifs is 2. The Morgan fingerprint density at radius 2 is 1.27 bits per heavy atom. The molecule has 0 aromatic heterocycles. The van der Waals surface area contributed by atoms with Gasteiger partial charge >= 0.3 is 0 Å². The van der Waals surface area contributed by atoms with Gasteiger partial charge in [0.15, 0.2) is 11.2 Å². The van der Waals surface area contributed by atoms with Crippen molar-refractivity contribution in [1.29, 1.82) is 0 Å². The fourth-order valence-corrected chi connectivity index (χ4v) is 8.33. The fourth-order valence-electron chi connectivity index (χ4n) is 7.65. The van der Waals surface area contributed by atoms with Crippen LogP contribution < -0.4 is 24.6 Å². The molecular formula is C44H45Cl2N3O6. The molecule has 11 heteroatoms. The lowest BCUT2D eigenvalue weighted by Gasteiger charge is -2.40. The van der Waals surface area contributed by atoms with E-state index < -0.39 is 11.2 Å². The van der Waals surface area contributed by atoms with E-state index >= 15 is 0 Å². The molecule has 2 atom stereocenters. The van der Waals surface area contributed by atoms with Gasteiger partial charge in [0, 0.05) is 54.2 Å². The molecule has 3 aliphatic rings. The van der Waals surface area contributed by atoms with Crippen molar-refractivity contribution in [3.05, 3.63) is 82.8 Å². The minimum absolute atomic E-state index is 0.00476. The minimum atomic E-state index is -1.10. The van der Waals surface area contributed by atoms with Crippen LogP contribution in [0.3, 0.4) is 0 Å². The predicted octanol–water partition coefficient (Wildman–Crippen LogP) is 9.29. The van der Waals surface area contributed by atoms with Crippen LogP contribution in [0.25, 0.3) is 33.4 Å². The quantitative estimate of drug-likeness (QED) is 0.172. The first-order valence-corrected chi connectivity index (χ1v) is 19.5. The van der Waals surface area contributed by atoms with Gasteiger partial charge in [0.25, 0.3) is 11.8 Å². The molecule has 3 aliphatic heterocycles. The van der Waals surface area contributed by atoms with Crippen molar-refractivity contribution in [2.75, 3.05) is 22.9 Å². The molecular weight excluding hydrogens is 737 g/mol. The number of ether oxygens (including phenoxy) is 2. The van der Waals surface area contributed by atoms with Gasteiger partial charge in [-0.1, -0.05) is 78.7 Å². The number of carbonyl (C=O) groups is 4. The summed E-state index contributed by atoms with van der Waals surface area (Å²) < 4.78 is 12.6. The number of nitrogens with zero attached hydrogens (tertiary/aromatic N) is 2. The number of Topliss-reactive ketones (excluding diaryl/α,β-unsaturated/α-hetero) is 1. The van der Waals surface area contributed by atoms with E-state index in [0.717, 1.165) is 33.4 Å². The van der Waals surface area contributed by atoms with E-state index in [2.05, 4.69) is 12.2 Å². The van der Waals surface area contributed by atoms with Crippen molar-refractivity contribution >= 4 is 58.1 Å². The summed E-state index contributed by atoms with van der Waals surface area (Å²) in [5.41, 5.74) is 3.79. The summed E-state index contributed by atoms with van der Waals surface area (Å²) in [5.74, 6) is 1.08. The Kier molecular flexibility index (Phi) is 10.2. The number of anilines is 2. The van der Waals surface area contributed by atoms with Gasteiger partial charge in [0.05, 0.1) is 21.4 Å². The van der Waals surface area contributed by atoms with Crippen LogP contribution in [0.4, 0.5) is 11.4 Å². The molecule has 286 valence electrons. The summed E-state index contributed by atoms with van der Waals surface area (Å²) in [6, 6.07) is 22.9. The Hall–Kier alpha value is -4.86. The third-order valence-electron chi connectivity index (χ3n) is 10.6. The molecule has 3 amide bonds. The predicted molar refractivity (Wildman–Crippen MR) is 217 cm³/mol. The highest BCUT2D eigenvalue weighted by atomic mass is 35.5. The molecule has 1 saturated heterocycles. The molecule has 0 radical (unpaired) electrons. The lowest BCUT2D eigenvalue weighted by atomic mass is 9.94. The zero-order valence-corrected chi connectivity index (χ0v) is 33.4. The van der Waals surface area contributed by atoms with E-state index in [0.29, 0.717) is 71.7 Å². The third kappa shape index (κ3) is 7.44. The molecule has 55 heavy (non-hydrogen) atoms. The van der Waals surface area contributed by atoms with E-state index in [9.17, 15) is 19.2 Å². The van der Waals surface area contributed by atoms with Gasteiger partial charge in [-0.3, -0.25) is 14.4 Å². The van der Waals surface area contributed by atoms with Crippen molar-refractivity contribution in [3.8, 4) is 44.9 Å². The van der Waals surface area contributed by atoms with E-state index in [1.807, 2.05) is 72.8 Å². The summed E-state index contributed by atoms with van der Waals surface area (Å²) >= 11 is 14.5. The molecule has 0 bridgehead atoms. The maximum absolute atomic E-state index is 13.5. The van der Waals surface area contributed by atoms with Crippen molar-refractivity contribution in [2.45, 2.75) is 84.5 Å². The standard InChI is InChI=1S/C44H45Cl2N3O6/c1-25(13-14-26(2)50)23-48-34-18-15-27(21-36(34)54-43(3,4)41(48)52)30-9-7-11-32(39(30)45)33-12-8-10-31(40(33)46)28-16-19-35-37(22-28)55-44(5,6)42(53)49(35)24-29-17-20-38(51)47-29/h7-12,15-16,18-19,21-22,25,29H,13-14,17,20,23-24H2,1-6H3,(H,47,51)/t25-,29-/m0/s1. The Labute approximate surface area is 331 Å². The molecule has 0 spiro atoms. The van der Waals surface area contributed by atoms with Gasteiger partial charge in [0.1, 0.15) is 17.3 Å². The molecule has 0 aliphatic carbocycles. The lowest BCUT2D eigenvalue weighted by Crippen LogP contribution is -2.55. The van der Waals surface area contributed by atoms with E-state index in [1.54, 1.807) is 44.4 Å². The van der Waals surface area contributed by atoms with Crippen LogP contribution in [0.5, 0.6) is 11.5 Å². The maximum atomic E-state index is 13.5. The van der Waals surface area contributed by atoms with E-state index in [-0.39, 0.29) is 35.5 Å². The largest absolute Gasteiger partial charge is 0.476 e. The Morgan fingerprint density at radius 3 is 1.76 bits per heavy atom. The zero-order chi connectivity index (χ0) is 39.4. The SMILES string of the molecule is CC(=O)CC[C@H](C)CN1C(=O)C(C)(C)Oc2cc(-c3cccc(-c4cccc(-c5ccc6c(c5)OC(C)(C)C(=O)N6C[C@@H]5CCC(=O)N5)c4Cl)c3Cl)ccc21. The molecule has 4 aromatic carbocycles. The molecule has 1 fully saturated rings. The van der Waals surface area contributed by atoms with Gasteiger partial charge in [-0.15, -0.1) is 0 Å². The smallest absolute Gasteiger partial charge is 0.270 e. The lowest BCUT2D eigenvalue weighted by molar-refractivity contribution is -0.133. The fraction of sp³-hybridized carbons (Fsp3) is 0.364. The van der Waals surface area contributed by atoms with Crippen LogP contribution in [0.15, 0.2) is 72.8 Å².